The zero-order valence-electron chi connectivity index (χ0n) is 16.0. The Morgan fingerprint density at radius 1 is 1.07 bits per heavy atom. The van der Waals surface area contributed by atoms with Gasteiger partial charge in [-0.25, -0.2) is 4.98 Å². The zero-order chi connectivity index (χ0) is 18.7. The second-order valence-electron chi connectivity index (χ2n) is 8.13. The fourth-order valence-corrected chi connectivity index (χ4v) is 5.67. The molecule has 0 unspecified atom stereocenters. The van der Waals surface area contributed by atoms with Crippen molar-refractivity contribution in [2.75, 3.05) is 38.4 Å². The molecule has 1 aromatic carbocycles. The molecular weight excluding hydrogens is 356 g/mol. The second-order valence-corrected chi connectivity index (χ2v) is 8.13. The topological polar surface area (TPSA) is 60.0 Å². The highest BCUT2D eigenvalue weighted by Crippen LogP contribution is 2.48. The summed E-state index contributed by atoms with van der Waals surface area (Å²) in [6.07, 6.45) is 4.32. The van der Waals surface area contributed by atoms with Crippen LogP contribution >= 0.6 is 0 Å². The number of ether oxygens (including phenoxy) is 3. The van der Waals surface area contributed by atoms with E-state index in [0.717, 1.165) is 24.0 Å². The van der Waals surface area contributed by atoms with Crippen LogP contribution in [0.4, 0.5) is 5.95 Å². The molecule has 2 aromatic rings. The molecule has 0 spiro atoms. The Balaban J connectivity index is 1.41. The van der Waals surface area contributed by atoms with E-state index in [0.29, 0.717) is 36.6 Å². The SMILES string of the molecule is COc1ccnc(N2C[C@@H](c3ccc4c(c3)OCO4)[C@@H]3[C@H]2C2CCN3CC2)n1. The summed E-state index contributed by atoms with van der Waals surface area (Å²) in [6.45, 7) is 3.61. The Kier molecular flexibility index (Phi) is 3.66. The zero-order valence-corrected chi connectivity index (χ0v) is 16.0. The molecule has 7 heteroatoms. The Morgan fingerprint density at radius 2 is 1.93 bits per heavy atom. The molecule has 1 aromatic heterocycles. The van der Waals surface area contributed by atoms with Crippen LogP contribution in [0.5, 0.6) is 17.4 Å². The molecule has 0 aliphatic carbocycles. The minimum absolute atomic E-state index is 0.313. The highest BCUT2D eigenvalue weighted by molar-refractivity contribution is 5.49. The maximum absolute atomic E-state index is 5.65. The summed E-state index contributed by atoms with van der Waals surface area (Å²) >= 11 is 0. The summed E-state index contributed by atoms with van der Waals surface area (Å²) in [7, 11) is 1.66. The van der Waals surface area contributed by atoms with Crippen LogP contribution in [0.1, 0.15) is 24.3 Å². The number of aromatic nitrogens is 2. The molecular formula is C21H24N4O3. The number of piperidine rings is 3. The number of nitrogens with zero attached hydrogens (tertiary/aromatic N) is 4. The van der Waals surface area contributed by atoms with Crippen LogP contribution in [0.25, 0.3) is 0 Å². The van der Waals surface area contributed by atoms with Gasteiger partial charge in [0, 0.05) is 30.8 Å². The van der Waals surface area contributed by atoms with Gasteiger partial charge < -0.3 is 19.1 Å². The van der Waals surface area contributed by atoms with E-state index in [4.69, 9.17) is 14.2 Å². The van der Waals surface area contributed by atoms with Crippen molar-refractivity contribution in [2.45, 2.75) is 30.8 Å². The van der Waals surface area contributed by atoms with Crippen molar-refractivity contribution in [1.82, 2.24) is 14.9 Å². The Labute approximate surface area is 164 Å². The lowest BCUT2D eigenvalue weighted by molar-refractivity contribution is 0.0353. The largest absolute Gasteiger partial charge is 0.481 e. The number of anilines is 1. The van der Waals surface area contributed by atoms with Crippen LogP contribution in [0.3, 0.4) is 0 Å². The van der Waals surface area contributed by atoms with E-state index < -0.39 is 0 Å². The molecule has 6 heterocycles. The fraction of sp³-hybridized carbons (Fsp3) is 0.524. The third-order valence-electron chi connectivity index (χ3n) is 6.90. The molecule has 4 saturated heterocycles. The fourth-order valence-electron chi connectivity index (χ4n) is 5.67. The molecule has 7 nitrogen and oxygen atoms in total. The van der Waals surface area contributed by atoms with Crippen LogP contribution in [0.15, 0.2) is 30.5 Å². The van der Waals surface area contributed by atoms with Gasteiger partial charge >= 0.3 is 0 Å². The number of hydrogen-bond acceptors (Lipinski definition) is 7. The third-order valence-corrected chi connectivity index (χ3v) is 6.90. The monoisotopic (exact) mass is 380 g/mol. The molecule has 3 atom stereocenters. The first-order chi connectivity index (χ1) is 13.8. The molecule has 5 aliphatic heterocycles. The van der Waals surface area contributed by atoms with E-state index in [1.165, 1.54) is 31.5 Å². The lowest BCUT2D eigenvalue weighted by Gasteiger charge is -2.51. The average molecular weight is 380 g/mol. The highest BCUT2D eigenvalue weighted by atomic mass is 16.7. The summed E-state index contributed by atoms with van der Waals surface area (Å²) < 4.78 is 16.5. The standard InChI is InChI=1S/C21H24N4O3/c1-26-18-4-7-22-21(23-18)25-11-15(14-2-3-16-17(10-14)28-12-27-16)20-19(25)13-5-8-24(20)9-6-13/h2-4,7,10,13,15,19-20H,5-6,8-9,11-12H2,1H3/t15-,19+,20+/m0/s1. The normalized spacial score (nSPS) is 32.5. The number of rotatable bonds is 3. The van der Waals surface area contributed by atoms with Crippen molar-refractivity contribution in [3.63, 3.8) is 0 Å². The van der Waals surface area contributed by atoms with Crippen molar-refractivity contribution in [2.24, 2.45) is 5.92 Å². The Morgan fingerprint density at radius 3 is 2.79 bits per heavy atom. The molecule has 0 radical (unpaired) electrons. The van der Waals surface area contributed by atoms with E-state index >= 15 is 0 Å². The predicted octanol–water partition coefficient (Wildman–Crippen LogP) is 2.28. The van der Waals surface area contributed by atoms with Crippen molar-refractivity contribution < 1.29 is 14.2 Å². The summed E-state index contributed by atoms with van der Waals surface area (Å²) in [5.74, 6) is 4.21. The van der Waals surface area contributed by atoms with Gasteiger partial charge in [0.1, 0.15) is 0 Å². The number of hydrogen-bond donors (Lipinski definition) is 0. The van der Waals surface area contributed by atoms with E-state index in [9.17, 15) is 0 Å². The van der Waals surface area contributed by atoms with Gasteiger partial charge in [-0.15, -0.1) is 0 Å². The van der Waals surface area contributed by atoms with Crippen LogP contribution < -0.4 is 19.1 Å². The van der Waals surface area contributed by atoms with Crippen molar-refractivity contribution in [1.29, 1.82) is 0 Å². The summed E-state index contributed by atoms with van der Waals surface area (Å²) in [5, 5.41) is 0. The smallest absolute Gasteiger partial charge is 0.231 e. The summed E-state index contributed by atoms with van der Waals surface area (Å²) in [6, 6.07) is 9.17. The molecule has 0 N–H and O–H groups in total. The maximum Gasteiger partial charge on any atom is 0.231 e. The van der Waals surface area contributed by atoms with Gasteiger partial charge in [-0.3, -0.25) is 4.90 Å². The van der Waals surface area contributed by atoms with Gasteiger partial charge in [0.25, 0.3) is 0 Å². The molecule has 4 fully saturated rings. The third kappa shape index (κ3) is 2.38. The number of fused-ring (bicyclic) bond motifs is 3. The first-order valence-corrected chi connectivity index (χ1v) is 10.1. The first-order valence-electron chi connectivity index (χ1n) is 10.1. The molecule has 5 aliphatic rings. The first kappa shape index (κ1) is 16.4. The minimum atomic E-state index is 0.313. The van der Waals surface area contributed by atoms with Crippen LogP contribution in [-0.4, -0.2) is 60.5 Å². The molecule has 0 amide bonds. The molecule has 28 heavy (non-hydrogen) atoms. The number of methoxy groups -OCH3 is 1. The van der Waals surface area contributed by atoms with E-state index in [-0.39, 0.29) is 0 Å². The quantitative estimate of drug-likeness (QED) is 0.810. The summed E-state index contributed by atoms with van der Waals surface area (Å²) in [5.41, 5.74) is 1.32. The lowest BCUT2D eigenvalue weighted by atomic mass is 9.75. The Hall–Kier alpha value is -2.54. The predicted molar refractivity (Wildman–Crippen MR) is 103 cm³/mol. The van der Waals surface area contributed by atoms with Crippen LogP contribution in [0.2, 0.25) is 0 Å². The van der Waals surface area contributed by atoms with Gasteiger partial charge in [-0.05, 0) is 49.5 Å². The van der Waals surface area contributed by atoms with E-state index in [1.54, 1.807) is 13.3 Å². The van der Waals surface area contributed by atoms with Gasteiger partial charge in [0.05, 0.1) is 13.2 Å². The van der Waals surface area contributed by atoms with E-state index in [1.807, 2.05) is 12.1 Å². The van der Waals surface area contributed by atoms with E-state index in [2.05, 4.69) is 31.9 Å². The molecule has 146 valence electrons. The maximum atomic E-state index is 5.65. The second kappa shape index (κ2) is 6.24. The van der Waals surface area contributed by atoms with Crippen molar-refractivity contribution >= 4 is 5.95 Å². The van der Waals surface area contributed by atoms with Gasteiger partial charge in [0.15, 0.2) is 11.5 Å². The van der Waals surface area contributed by atoms with Gasteiger partial charge in [-0.2, -0.15) is 4.98 Å². The van der Waals surface area contributed by atoms with Crippen LogP contribution in [0, 0.1) is 5.92 Å². The van der Waals surface area contributed by atoms with Gasteiger partial charge in [0.2, 0.25) is 18.6 Å². The average Bonchev–Trinajstić information content (AvgIpc) is 3.40. The number of benzene rings is 1. The highest BCUT2D eigenvalue weighted by Gasteiger charge is 2.54. The van der Waals surface area contributed by atoms with Gasteiger partial charge in [-0.1, -0.05) is 6.07 Å². The van der Waals surface area contributed by atoms with Crippen LogP contribution in [-0.2, 0) is 0 Å². The molecule has 0 saturated carbocycles. The van der Waals surface area contributed by atoms with Crippen molar-refractivity contribution in [3.05, 3.63) is 36.0 Å². The lowest BCUT2D eigenvalue weighted by Crippen LogP contribution is -2.60. The Bertz CT molecular complexity index is 899. The summed E-state index contributed by atoms with van der Waals surface area (Å²) in [4.78, 5) is 14.4. The van der Waals surface area contributed by atoms with Crippen molar-refractivity contribution in [3.8, 4) is 17.4 Å². The minimum Gasteiger partial charge on any atom is -0.481 e. The molecule has 2 bridgehead atoms. The molecule has 7 rings (SSSR count).